The van der Waals surface area contributed by atoms with E-state index in [1.165, 1.54) is 0 Å². The fourth-order valence-corrected chi connectivity index (χ4v) is 3.28. The van der Waals surface area contributed by atoms with Gasteiger partial charge in [0.05, 0.1) is 12.2 Å². The third-order valence-corrected chi connectivity index (χ3v) is 4.41. The van der Waals surface area contributed by atoms with Crippen LogP contribution in [0.2, 0.25) is 0 Å². The normalized spacial score (nSPS) is 10.9. The number of aryl methyl sites for hydroxylation is 1. The third kappa shape index (κ3) is 2.91. The first-order valence-corrected chi connectivity index (χ1v) is 8.12. The van der Waals surface area contributed by atoms with Crippen molar-refractivity contribution in [2.75, 3.05) is 0 Å². The van der Waals surface area contributed by atoms with Crippen molar-refractivity contribution < 1.29 is 0 Å². The van der Waals surface area contributed by atoms with Crippen molar-refractivity contribution in [2.45, 2.75) is 18.4 Å². The fourth-order valence-electron chi connectivity index (χ4n) is 2.42. The van der Waals surface area contributed by atoms with E-state index in [1.54, 1.807) is 9.13 Å². The lowest BCUT2D eigenvalue weighted by Gasteiger charge is -2.06. The zero-order valence-electron chi connectivity index (χ0n) is 12.0. The van der Waals surface area contributed by atoms with Gasteiger partial charge in [-0.1, -0.05) is 46.3 Å². The molecule has 0 aliphatic rings. The Labute approximate surface area is 142 Å². The Kier molecular flexibility index (Phi) is 4.27. The second-order valence-electron chi connectivity index (χ2n) is 5.13. The molecule has 0 aliphatic carbocycles. The summed E-state index contributed by atoms with van der Waals surface area (Å²) in [4.78, 5) is 13.5. The van der Waals surface area contributed by atoms with Gasteiger partial charge >= 0.3 is 5.69 Å². The molecule has 3 aromatic rings. The molecule has 0 bridgehead atoms. The minimum Gasteiger partial charge on any atom is -0.292 e. The summed E-state index contributed by atoms with van der Waals surface area (Å²) in [6.45, 7) is 2.51. The molecule has 2 aromatic carbocycles. The second-order valence-corrected chi connectivity index (χ2v) is 6.53. The lowest BCUT2D eigenvalue weighted by atomic mass is 10.2. The number of hydrogen-bond donors (Lipinski definition) is 1. The van der Waals surface area contributed by atoms with Gasteiger partial charge in [0.15, 0.2) is 0 Å². The Morgan fingerprint density at radius 2 is 1.86 bits per heavy atom. The van der Waals surface area contributed by atoms with Crippen LogP contribution < -0.4 is 5.69 Å². The second kappa shape index (κ2) is 6.18. The van der Waals surface area contributed by atoms with Gasteiger partial charge in [-0.2, -0.15) is 0 Å². The molecule has 1 heterocycles. The molecule has 5 heteroatoms. The zero-order chi connectivity index (χ0) is 15.7. The van der Waals surface area contributed by atoms with Crippen LogP contribution in [-0.4, -0.2) is 9.13 Å². The van der Waals surface area contributed by atoms with E-state index in [-0.39, 0.29) is 5.69 Å². The highest BCUT2D eigenvalue weighted by atomic mass is 79.9. The summed E-state index contributed by atoms with van der Waals surface area (Å²) in [6, 6.07) is 15.7. The highest BCUT2D eigenvalue weighted by Gasteiger charge is 2.12. The van der Waals surface area contributed by atoms with Crippen LogP contribution in [0.1, 0.15) is 11.3 Å². The number of nitrogens with zero attached hydrogens (tertiary/aromatic N) is 2. The minimum absolute atomic E-state index is 0.0565. The summed E-state index contributed by atoms with van der Waals surface area (Å²) in [5.41, 5.74) is 2.75. The average Bonchev–Trinajstić information content (AvgIpc) is 2.76. The van der Waals surface area contributed by atoms with Gasteiger partial charge in [-0.05, 0) is 30.7 Å². The molecular weight excluding hydrogens is 360 g/mol. The highest BCUT2D eigenvalue weighted by Crippen LogP contribution is 2.22. The summed E-state index contributed by atoms with van der Waals surface area (Å²) >= 11 is 7.88. The van der Waals surface area contributed by atoms with Gasteiger partial charge in [0.25, 0.3) is 0 Å². The zero-order valence-corrected chi connectivity index (χ0v) is 14.5. The van der Waals surface area contributed by atoms with Crippen molar-refractivity contribution in [2.24, 2.45) is 0 Å². The molecule has 0 aliphatic heterocycles. The van der Waals surface area contributed by atoms with Crippen molar-refractivity contribution in [1.82, 2.24) is 9.13 Å². The third-order valence-electron chi connectivity index (χ3n) is 3.56. The molecule has 0 spiro atoms. The maximum Gasteiger partial charge on any atom is 0.333 e. The first-order valence-electron chi connectivity index (χ1n) is 6.88. The molecule has 0 N–H and O–H groups in total. The Hall–Kier alpha value is -1.72. The van der Waals surface area contributed by atoms with E-state index < -0.39 is 0 Å². The molecule has 3 rings (SSSR count). The summed E-state index contributed by atoms with van der Waals surface area (Å²) in [6.07, 6.45) is 1.86. The summed E-state index contributed by atoms with van der Waals surface area (Å²) in [5, 5.41) is 0. The monoisotopic (exact) mass is 374 g/mol. The number of rotatable bonds is 3. The van der Waals surface area contributed by atoms with Crippen LogP contribution in [0, 0.1) is 6.92 Å². The van der Waals surface area contributed by atoms with Gasteiger partial charge in [-0.3, -0.25) is 9.13 Å². The van der Waals surface area contributed by atoms with Gasteiger partial charge in [-0.15, -0.1) is 12.6 Å². The number of thiol groups is 1. The maximum absolute atomic E-state index is 12.7. The number of aromatic nitrogens is 2. The molecule has 112 valence electrons. The lowest BCUT2D eigenvalue weighted by molar-refractivity contribution is 0.721. The van der Waals surface area contributed by atoms with E-state index in [9.17, 15) is 4.79 Å². The van der Waals surface area contributed by atoms with E-state index in [1.807, 2.05) is 61.7 Å². The van der Waals surface area contributed by atoms with E-state index in [2.05, 4.69) is 28.6 Å². The van der Waals surface area contributed by atoms with E-state index in [0.29, 0.717) is 6.54 Å². The topological polar surface area (TPSA) is 26.9 Å². The Morgan fingerprint density at radius 3 is 2.55 bits per heavy atom. The minimum atomic E-state index is -0.0565. The molecular formula is C17H15BrN2OS. The number of hydrogen-bond acceptors (Lipinski definition) is 2. The molecule has 22 heavy (non-hydrogen) atoms. The lowest BCUT2D eigenvalue weighted by Crippen LogP contribution is -2.24. The number of imidazole rings is 1. The van der Waals surface area contributed by atoms with Crippen molar-refractivity contribution in [3.63, 3.8) is 0 Å². The van der Waals surface area contributed by atoms with Gasteiger partial charge in [-0.25, -0.2) is 4.79 Å². The van der Waals surface area contributed by atoms with Crippen LogP contribution in [0.5, 0.6) is 0 Å². The largest absolute Gasteiger partial charge is 0.333 e. The molecule has 0 unspecified atom stereocenters. The highest BCUT2D eigenvalue weighted by molar-refractivity contribution is 9.10. The standard InChI is InChI=1S/C17H15BrN2OS/c1-12-10-20(15-8-7-14(18)9-16(15)22)17(21)19(12)11-13-5-3-2-4-6-13/h2-10,22H,11H2,1H3. The number of halogens is 1. The molecule has 3 nitrogen and oxygen atoms in total. The Bertz CT molecular complexity index is 868. The summed E-state index contributed by atoms with van der Waals surface area (Å²) in [5.74, 6) is 0. The van der Waals surface area contributed by atoms with Crippen LogP contribution in [0.3, 0.4) is 0 Å². The van der Waals surface area contributed by atoms with Crippen LogP contribution in [0.15, 0.2) is 68.9 Å². The van der Waals surface area contributed by atoms with E-state index in [4.69, 9.17) is 0 Å². The molecule has 0 fully saturated rings. The molecule has 0 amide bonds. The van der Waals surface area contributed by atoms with Crippen molar-refractivity contribution in [3.8, 4) is 5.69 Å². The average molecular weight is 375 g/mol. The van der Waals surface area contributed by atoms with E-state index in [0.717, 1.165) is 26.3 Å². The predicted molar refractivity (Wildman–Crippen MR) is 95.3 cm³/mol. The molecule has 0 saturated heterocycles. The summed E-state index contributed by atoms with van der Waals surface area (Å²) in [7, 11) is 0. The molecule has 0 atom stereocenters. The van der Waals surface area contributed by atoms with Crippen LogP contribution in [0.4, 0.5) is 0 Å². The Balaban J connectivity index is 2.05. The van der Waals surface area contributed by atoms with Crippen LogP contribution in [0.25, 0.3) is 5.69 Å². The molecule has 1 aromatic heterocycles. The quantitative estimate of drug-likeness (QED) is 0.687. The fraction of sp³-hybridized carbons (Fsp3) is 0.118. The smallest absolute Gasteiger partial charge is 0.292 e. The van der Waals surface area contributed by atoms with Crippen molar-refractivity contribution in [1.29, 1.82) is 0 Å². The summed E-state index contributed by atoms with van der Waals surface area (Å²) < 4.78 is 4.35. The van der Waals surface area contributed by atoms with Gasteiger partial charge in [0.2, 0.25) is 0 Å². The van der Waals surface area contributed by atoms with Gasteiger partial charge in [0, 0.05) is 21.3 Å². The molecule has 0 radical (unpaired) electrons. The SMILES string of the molecule is Cc1cn(-c2ccc(Br)cc2S)c(=O)n1Cc1ccccc1. The van der Waals surface area contributed by atoms with Gasteiger partial charge < -0.3 is 0 Å². The van der Waals surface area contributed by atoms with Crippen molar-refractivity contribution in [3.05, 3.63) is 80.9 Å². The maximum atomic E-state index is 12.7. The first-order chi connectivity index (χ1) is 10.6. The van der Waals surface area contributed by atoms with Crippen molar-refractivity contribution >= 4 is 28.6 Å². The van der Waals surface area contributed by atoms with Crippen LogP contribution >= 0.6 is 28.6 Å². The Morgan fingerprint density at radius 1 is 1.14 bits per heavy atom. The van der Waals surface area contributed by atoms with Crippen LogP contribution in [-0.2, 0) is 6.54 Å². The van der Waals surface area contributed by atoms with E-state index >= 15 is 0 Å². The number of benzene rings is 2. The molecule has 0 saturated carbocycles. The predicted octanol–water partition coefficient (Wildman–Crippen LogP) is 4.05. The van der Waals surface area contributed by atoms with Gasteiger partial charge in [0.1, 0.15) is 0 Å². The first kappa shape index (κ1) is 15.2.